The predicted octanol–water partition coefficient (Wildman–Crippen LogP) is 7.05. The lowest BCUT2D eigenvalue weighted by molar-refractivity contribution is 0.588. The molecule has 0 amide bonds. The lowest BCUT2D eigenvalue weighted by Gasteiger charge is -2.36. The minimum absolute atomic E-state index is 0.697. The van der Waals surface area contributed by atoms with E-state index >= 15 is 0 Å². The summed E-state index contributed by atoms with van der Waals surface area (Å²) in [5.41, 5.74) is 9.39. The van der Waals surface area contributed by atoms with Gasteiger partial charge in [-0.25, -0.2) is 0 Å². The SMILES string of the molecule is CC1=C(C)C([Si](C)(C)C2C=CC(CCC(C)C)=C2)C(C)=C1C. The van der Waals surface area contributed by atoms with Crippen LogP contribution in [0, 0.1) is 5.92 Å². The Bertz CT molecular complexity index is 543. The van der Waals surface area contributed by atoms with Gasteiger partial charge in [-0.1, -0.05) is 61.9 Å². The molecule has 0 aromatic rings. The Balaban J connectivity index is 2.21. The van der Waals surface area contributed by atoms with Gasteiger partial charge in [-0.2, -0.15) is 0 Å². The van der Waals surface area contributed by atoms with Crippen LogP contribution in [0.15, 0.2) is 46.1 Å². The molecule has 0 heterocycles. The van der Waals surface area contributed by atoms with Crippen molar-refractivity contribution in [1.29, 1.82) is 0 Å². The van der Waals surface area contributed by atoms with Crippen LogP contribution in [0.5, 0.6) is 0 Å². The summed E-state index contributed by atoms with van der Waals surface area (Å²) in [5.74, 6) is 0.800. The van der Waals surface area contributed by atoms with Gasteiger partial charge >= 0.3 is 0 Å². The van der Waals surface area contributed by atoms with Crippen LogP contribution in [0.4, 0.5) is 0 Å². The van der Waals surface area contributed by atoms with Crippen molar-refractivity contribution in [2.45, 2.75) is 78.6 Å². The Morgan fingerprint density at radius 3 is 2.05 bits per heavy atom. The second kappa shape index (κ2) is 6.35. The van der Waals surface area contributed by atoms with Gasteiger partial charge < -0.3 is 0 Å². The average Bonchev–Trinajstić information content (AvgIpc) is 2.98. The number of hydrogen-bond acceptors (Lipinski definition) is 0. The van der Waals surface area contributed by atoms with Crippen LogP contribution < -0.4 is 0 Å². The van der Waals surface area contributed by atoms with E-state index in [1.807, 2.05) is 0 Å². The Hall–Kier alpha value is -0.823. The first-order valence-electron chi connectivity index (χ1n) is 8.90. The molecule has 0 N–H and O–H groups in total. The van der Waals surface area contributed by atoms with Gasteiger partial charge in [0.05, 0.1) is 8.07 Å². The van der Waals surface area contributed by atoms with Crippen LogP contribution >= 0.6 is 0 Å². The van der Waals surface area contributed by atoms with Crippen LogP contribution in [-0.2, 0) is 0 Å². The topological polar surface area (TPSA) is 0 Å². The molecule has 0 aromatic carbocycles. The van der Waals surface area contributed by atoms with Gasteiger partial charge in [-0.15, -0.1) is 0 Å². The zero-order valence-electron chi connectivity index (χ0n) is 15.9. The maximum absolute atomic E-state index is 2.60. The fraction of sp³-hybridized carbons (Fsp3) is 0.619. The number of rotatable bonds is 5. The molecule has 0 saturated carbocycles. The van der Waals surface area contributed by atoms with E-state index in [1.165, 1.54) is 12.8 Å². The molecule has 2 aliphatic carbocycles. The van der Waals surface area contributed by atoms with Crippen molar-refractivity contribution in [2.24, 2.45) is 5.92 Å². The highest BCUT2D eigenvalue weighted by Crippen LogP contribution is 2.51. The molecule has 22 heavy (non-hydrogen) atoms. The molecular formula is C21H34Si. The van der Waals surface area contributed by atoms with Gasteiger partial charge in [0.25, 0.3) is 0 Å². The molecule has 2 rings (SSSR count). The highest BCUT2D eigenvalue weighted by atomic mass is 28.3. The summed E-state index contributed by atoms with van der Waals surface area (Å²) in [6, 6.07) is 0. The third-order valence-corrected chi connectivity index (χ3v) is 10.6. The van der Waals surface area contributed by atoms with E-state index in [0.717, 1.165) is 11.5 Å². The molecule has 1 unspecified atom stereocenters. The first kappa shape index (κ1) is 17.5. The summed E-state index contributed by atoms with van der Waals surface area (Å²) in [4.78, 5) is 0. The van der Waals surface area contributed by atoms with Gasteiger partial charge in [-0.3, -0.25) is 0 Å². The normalized spacial score (nSPS) is 23.3. The van der Waals surface area contributed by atoms with Crippen molar-refractivity contribution < 1.29 is 0 Å². The van der Waals surface area contributed by atoms with Gasteiger partial charge in [0.15, 0.2) is 0 Å². The minimum Gasteiger partial charge on any atom is -0.0800 e. The maximum atomic E-state index is 2.60. The largest absolute Gasteiger partial charge is 0.0800 e. The molecule has 1 heteroatoms. The van der Waals surface area contributed by atoms with Crippen molar-refractivity contribution in [1.82, 2.24) is 0 Å². The summed E-state index contributed by atoms with van der Waals surface area (Å²) >= 11 is 0. The molecule has 0 aromatic heterocycles. The molecule has 122 valence electrons. The van der Waals surface area contributed by atoms with Crippen molar-refractivity contribution >= 4 is 8.07 Å². The average molecular weight is 315 g/mol. The summed E-state index contributed by atoms with van der Waals surface area (Å²) in [5, 5.41) is 0. The summed E-state index contributed by atoms with van der Waals surface area (Å²) in [6.07, 6.45) is 10.1. The highest BCUT2D eigenvalue weighted by Gasteiger charge is 2.43. The third-order valence-electron chi connectivity index (χ3n) is 6.14. The van der Waals surface area contributed by atoms with Crippen molar-refractivity contribution in [3.05, 3.63) is 46.1 Å². The lowest BCUT2D eigenvalue weighted by atomic mass is 10.0. The molecule has 0 saturated heterocycles. The lowest BCUT2D eigenvalue weighted by Crippen LogP contribution is -2.37. The molecule has 0 aliphatic heterocycles. The van der Waals surface area contributed by atoms with Crippen LogP contribution in [0.25, 0.3) is 0 Å². The summed E-state index contributed by atoms with van der Waals surface area (Å²) in [6.45, 7) is 19.2. The second-order valence-electron chi connectivity index (χ2n) is 8.43. The van der Waals surface area contributed by atoms with Gasteiger partial charge in [0.1, 0.15) is 0 Å². The Morgan fingerprint density at radius 1 is 1.00 bits per heavy atom. The van der Waals surface area contributed by atoms with E-state index in [9.17, 15) is 0 Å². The Labute approximate surface area is 139 Å². The van der Waals surface area contributed by atoms with Crippen LogP contribution in [0.3, 0.4) is 0 Å². The number of hydrogen-bond donors (Lipinski definition) is 0. The van der Waals surface area contributed by atoms with E-state index in [1.54, 1.807) is 27.9 Å². The number of allylic oxidation sites excluding steroid dienone is 8. The molecule has 1 atom stereocenters. The Kier molecular flexibility index (Phi) is 5.06. The van der Waals surface area contributed by atoms with Crippen LogP contribution in [0.2, 0.25) is 24.2 Å². The molecule has 0 radical (unpaired) electrons. The van der Waals surface area contributed by atoms with E-state index in [2.05, 4.69) is 72.9 Å². The molecule has 0 fully saturated rings. The zero-order chi connectivity index (χ0) is 16.7. The smallest absolute Gasteiger partial charge is 0.0706 e. The third kappa shape index (κ3) is 3.10. The van der Waals surface area contributed by atoms with E-state index in [-0.39, 0.29) is 0 Å². The van der Waals surface area contributed by atoms with Gasteiger partial charge in [-0.05, 0) is 68.7 Å². The molecular weight excluding hydrogens is 280 g/mol. The van der Waals surface area contributed by atoms with Crippen molar-refractivity contribution in [2.75, 3.05) is 0 Å². The first-order chi connectivity index (χ1) is 10.2. The van der Waals surface area contributed by atoms with E-state index in [0.29, 0.717) is 5.54 Å². The summed E-state index contributed by atoms with van der Waals surface area (Å²) < 4.78 is 0. The molecule has 2 aliphatic rings. The molecule has 0 bridgehead atoms. The standard InChI is InChI=1S/C21H34Si/c1-14(2)9-10-19-11-12-20(13-19)22(7,8)21-17(5)15(3)16(4)18(21)6/h11-14,20-21H,9-10H2,1-8H3. The summed E-state index contributed by atoms with van der Waals surface area (Å²) in [7, 11) is -1.42. The van der Waals surface area contributed by atoms with E-state index < -0.39 is 8.07 Å². The minimum atomic E-state index is -1.42. The van der Waals surface area contributed by atoms with Gasteiger partial charge in [0, 0.05) is 0 Å². The van der Waals surface area contributed by atoms with E-state index in [4.69, 9.17) is 0 Å². The molecule has 0 nitrogen and oxygen atoms in total. The monoisotopic (exact) mass is 314 g/mol. The maximum Gasteiger partial charge on any atom is 0.0706 e. The van der Waals surface area contributed by atoms with Crippen molar-refractivity contribution in [3.63, 3.8) is 0 Å². The first-order valence-corrected chi connectivity index (χ1v) is 12.1. The van der Waals surface area contributed by atoms with Crippen molar-refractivity contribution in [3.8, 4) is 0 Å². The second-order valence-corrected chi connectivity index (χ2v) is 13.3. The fourth-order valence-corrected chi connectivity index (χ4v) is 8.60. The van der Waals surface area contributed by atoms with Crippen LogP contribution in [-0.4, -0.2) is 8.07 Å². The predicted molar refractivity (Wildman–Crippen MR) is 103 cm³/mol. The highest BCUT2D eigenvalue weighted by molar-refractivity contribution is 6.82. The molecule has 0 spiro atoms. The Morgan fingerprint density at radius 2 is 1.55 bits per heavy atom. The quantitative estimate of drug-likeness (QED) is 0.477. The van der Waals surface area contributed by atoms with Crippen LogP contribution in [0.1, 0.15) is 54.4 Å². The van der Waals surface area contributed by atoms with Gasteiger partial charge in [0.2, 0.25) is 0 Å². The fourth-order valence-electron chi connectivity index (χ4n) is 4.31. The zero-order valence-corrected chi connectivity index (χ0v) is 16.9.